The van der Waals surface area contributed by atoms with Gasteiger partial charge in [-0.2, -0.15) is 0 Å². The fourth-order valence-electron chi connectivity index (χ4n) is 2.78. The molecular formula is C19H23N3O4. The van der Waals surface area contributed by atoms with Crippen LogP contribution in [0.5, 0.6) is 5.75 Å². The van der Waals surface area contributed by atoms with Gasteiger partial charge in [-0.15, -0.1) is 0 Å². The number of rotatable bonds is 6. The van der Waals surface area contributed by atoms with E-state index in [0.717, 1.165) is 0 Å². The number of aliphatic hydroxyl groups is 1. The van der Waals surface area contributed by atoms with Gasteiger partial charge in [0.15, 0.2) is 0 Å². The first-order chi connectivity index (χ1) is 12.6. The molecular weight excluding hydrogens is 334 g/mol. The second kappa shape index (κ2) is 8.75. The Morgan fingerprint density at radius 2 is 2.08 bits per heavy atom. The number of amides is 1. The van der Waals surface area contributed by atoms with Gasteiger partial charge in [-0.1, -0.05) is 24.3 Å². The Hall–Kier alpha value is -2.48. The number of β-amino-alcohol motifs (C(OH)–C–C–N with tert-alkyl or cyclic N) is 1. The van der Waals surface area contributed by atoms with E-state index in [2.05, 4.69) is 10.3 Å². The van der Waals surface area contributed by atoms with E-state index >= 15 is 0 Å². The zero-order valence-corrected chi connectivity index (χ0v) is 14.5. The van der Waals surface area contributed by atoms with E-state index in [9.17, 15) is 9.90 Å². The molecule has 3 rings (SSSR count). The lowest BCUT2D eigenvalue weighted by molar-refractivity contribution is -0.118. The standard InChI is InChI=1S/C19H23N3O4/c23-18(21-17-8-4-5-9-20-17)12-22-10-11-25-14-19(24,13-22)15-26-16-6-2-1-3-7-16/h1-9,24H,10-15H2,(H,20,21,23)/t19-/m1/s1. The van der Waals surface area contributed by atoms with Crippen molar-refractivity contribution in [3.63, 3.8) is 0 Å². The van der Waals surface area contributed by atoms with Gasteiger partial charge in [-0.3, -0.25) is 9.69 Å². The highest BCUT2D eigenvalue weighted by molar-refractivity contribution is 5.91. The van der Waals surface area contributed by atoms with Gasteiger partial charge in [-0.25, -0.2) is 4.98 Å². The Kier molecular flexibility index (Phi) is 6.17. The van der Waals surface area contributed by atoms with Crippen LogP contribution in [0.4, 0.5) is 5.82 Å². The normalized spacial score (nSPS) is 21.0. The minimum atomic E-state index is -1.18. The Bertz CT molecular complexity index is 698. The number of hydrogen-bond acceptors (Lipinski definition) is 6. The number of ether oxygens (including phenoxy) is 2. The number of aromatic nitrogens is 1. The van der Waals surface area contributed by atoms with E-state index in [1.165, 1.54) is 0 Å². The van der Waals surface area contributed by atoms with Crippen molar-refractivity contribution in [3.8, 4) is 5.75 Å². The molecule has 0 bridgehead atoms. The summed E-state index contributed by atoms with van der Waals surface area (Å²) in [6.45, 7) is 1.70. The summed E-state index contributed by atoms with van der Waals surface area (Å²) in [5.41, 5.74) is -1.18. The number of nitrogens with zero attached hydrogens (tertiary/aromatic N) is 2. The van der Waals surface area contributed by atoms with Crippen molar-refractivity contribution >= 4 is 11.7 Å². The van der Waals surface area contributed by atoms with Gasteiger partial charge in [0.2, 0.25) is 5.91 Å². The minimum Gasteiger partial charge on any atom is -0.490 e. The Morgan fingerprint density at radius 1 is 1.27 bits per heavy atom. The number of benzene rings is 1. The summed E-state index contributed by atoms with van der Waals surface area (Å²) in [5, 5.41) is 13.6. The molecule has 1 aliphatic heterocycles. The molecule has 2 heterocycles. The Balaban J connectivity index is 1.55. The van der Waals surface area contributed by atoms with Crippen LogP contribution in [0.1, 0.15) is 0 Å². The number of nitrogens with one attached hydrogen (secondary N) is 1. The van der Waals surface area contributed by atoms with Crippen LogP contribution < -0.4 is 10.1 Å². The van der Waals surface area contributed by atoms with Crippen LogP contribution in [0.2, 0.25) is 0 Å². The van der Waals surface area contributed by atoms with Crippen LogP contribution >= 0.6 is 0 Å². The van der Waals surface area contributed by atoms with Crippen LogP contribution in [-0.2, 0) is 9.53 Å². The maximum absolute atomic E-state index is 12.2. The van der Waals surface area contributed by atoms with Gasteiger partial charge in [0, 0.05) is 19.3 Å². The van der Waals surface area contributed by atoms with Crippen LogP contribution in [-0.4, -0.2) is 66.0 Å². The maximum Gasteiger partial charge on any atom is 0.239 e. The topological polar surface area (TPSA) is 83.9 Å². The van der Waals surface area contributed by atoms with Crippen molar-refractivity contribution in [3.05, 3.63) is 54.7 Å². The second-order valence-corrected chi connectivity index (χ2v) is 6.35. The monoisotopic (exact) mass is 357 g/mol. The largest absolute Gasteiger partial charge is 0.490 e. The molecule has 0 radical (unpaired) electrons. The highest BCUT2D eigenvalue weighted by Crippen LogP contribution is 2.16. The average molecular weight is 357 g/mol. The molecule has 1 atom stereocenters. The lowest BCUT2D eigenvalue weighted by Crippen LogP contribution is -2.50. The SMILES string of the molecule is O=C(CN1CCOC[C@@](O)(COc2ccccc2)C1)Nc1ccccn1. The highest BCUT2D eigenvalue weighted by atomic mass is 16.5. The maximum atomic E-state index is 12.2. The second-order valence-electron chi connectivity index (χ2n) is 6.35. The summed E-state index contributed by atoms with van der Waals surface area (Å²) in [7, 11) is 0. The van der Waals surface area contributed by atoms with Gasteiger partial charge in [0.05, 0.1) is 19.8 Å². The molecule has 2 aromatic rings. The van der Waals surface area contributed by atoms with E-state index in [1.807, 2.05) is 41.3 Å². The fourth-order valence-corrected chi connectivity index (χ4v) is 2.78. The van der Waals surface area contributed by atoms with Crippen molar-refractivity contribution < 1.29 is 19.4 Å². The van der Waals surface area contributed by atoms with Crippen LogP contribution in [0, 0.1) is 0 Å². The average Bonchev–Trinajstić information content (AvgIpc) is 2.83. The lowest BCUT2D eigenvalue weighted by Gasteiger charge is -2.30. The number of anilines is 1. The van der Waals surface area contributed by atoms with E-state index in [-0.39, 0.29) is 32.2 Å². The molecule has 26 heavy (non-hydrogen) atoms. The predicted octanol–water partition coefficient (Wildman–Crippen LogP) is 1.16. The summed E-state index contributed by atoms with van der Waals surface area (Å²) in [5.74, 6) is 1.01. The third-order valence-corrected chi connectivity index (χ3v) is 3.99. The van der Waals surface area contributed by atoms with Crippen LogP contribution in [0.3, 0.4) is 0 Å². The van der Waals surface area contributed by atoms with Crippen molar-refractivity contribution in [1.29, 1.82) is 0 Å². The summed E-state index contributed by atoms with van der Waals surface area (Å²) in [6.07, 6.45) is 1.62. The molecule has 0 unspecified atom stereocenters. The molecule has 0 aliphatic carbocycles. The smallest absolute Gasteiger partial charge is 0.239 e. The number of para-hydroxylation sites is 1. The van der Waals surface area contributed by atoms with Gasteiger partial charge in [-0.05, 0) is 24.3 Å². The Labute approximate surface area is 152 Å². The molecule has 7 nitrogen and oxygen atoms in total. The van der Waals surface area contributed by atoms with E-state index in [0.29, 0.717) is 24.7 Å². The first-order valence-electron chi connectivity index (χ1n) is 8.54. The summed E-state index contributed by atoms with van der Waals surface area (Å²) in [4.78, 5) is 18.2. The van der Waals surface area contributed by atoms with E-state index in [4.69, 9.17) is 9.47 Å². The molecule has 7 heteroatoms. The predicted molar refractivity (Wildman–Crippen MR) is 97.0 cm³/mol. The molecule has 1 amide bonds. The first kappa shape index (κ1) is 18.3. The number of pyridine rings is 1. The van der Waals surface area contributed by atoms with Crippen LogP contribution in [0.25, 0.3) is 0 Å². The van der Waals surface area contributed by atoms with Crippen molar-refractivity contribution in [2.24, 2.45) is 0 Å². The number of hydrogen-bond donors (Lipinski definition) is 2. The third-order valence-electron chi connectivity index (χ3n) is 3.99. The van der Waals surface area contributed by atoms with Crippen molar-refractivity contribution in [1.82, 2.24) is 9.88 Å². The molecule has 0 spiro atoms. The van der Waals surface area contributed by atoms with Gasteiger partial charge in [0.25, 0.3) is 0 Å². The van der Waals surface area contributed by atoms with Gasteiger partial charge >= 0.3 is 0 Å². The first-order valence-corrected chi connectivity index (χ1v) is 8.54. The molecule has 2 N–H and O–H groups in total. The number of carbonyl (C=O) groups excluding carboxylic acids is 1. The van der Waals surface area contributed by atoms with Crippen molar-refractivity contribution in [2.75, 3.05) is 44.8 Å². The molecule has 1 fully saturated rings. The summed E-state index contributed by atoms with van der Waals surface area (Å²) < 4.78 is 11.2. The quantitative estimate of drug-likeness (QED) is 0.807. The van der Waals surface area contributed by atoms with Gasteiger partial charge < -0.3 is 19.9 Å². The lowest BCUT2D eigenvalue weighted by atomic mass is 10.1. The summed E-state index contributed by atoms with van der Waals surface area (Å²) >= 11 is 0. The van der Waals surface area contributed by atoms with Gasteiger partial charge in [0.1, 0.15) is 23.8 Å². The molecule has 1 aromatic heterocycles. The fraction of sp³-hybridized carbons (Fsp3) is 0.368. The van der Waals surface area contributed by atoms with Crippen molar-refractivity contribution in [2.45, 2.75) is 5.60 Å². The molecule has 138 valence electrons. The zero-order chi connectivity index (χ0) is 18.2. The van der Waals surface area contributed by atoms with E-state index < -0.39 is 5.60 Å². The minimum absolute atomic E-state index is 0.0926. The molecule has 1 aromatic carbocycles. The molecule has 1 aliphatic rings. The number of carbonyl (C=O) groups is 1. The zero-order valence-electron chi connectivity index (χ0n) is 14.5. The molecule has 0 saturated carbocycles. The Morgan fingerprint density at radius 3 is 2.85 bits per heavy atom. The summed E-state index contributed by atoms with van der Waals surface area (Å²) in [6, 6.07) is 14.6. The van der Waals surface area contributed by atoms with E-state index in [1.54, 1.807) is 18.3 Å². The molecule has 1 saturated heterocycles. The van der Waals surface area contributed by atoms with Crippen LogP contribution in [0.15, 0.2) is 54.7 Å². The third kappa shape index (κ3) is 5.52. The highest BCUT2D eigenvalue weighted by Gasteiger charge is 2.34.